The number of aliphatic carboxylic acids is 1. The molecule has 1 heterocycles. The lowest BCUT2D eigenvalue weighted by molar-refractivity contribution is -0.142. The average Bonchev–Trinajstić information content (AvgIpc) is 2.85. The van der Waals surface area contributed by atoms with Gasteiger partial charge in [0.2, 0.25) is 0 Å². The quantitative estimate of drug-likeness (QED) is 0.798. The van der Waals surface area contributed by atoms with Crippen LogP contribution in [0.25, 0.3) is 0 Å². The van der Waals surface area contributed by atoms with E-state index in [2.05, 4.69) is 4.72 Å². The smallest absolute Gasteiger partial charge is 0.307 e. The van der Waals surface area contributed by atoms with E-state index in [0.717, 1.165) is 11.8 Å². The predicted octanol–water partition coefficient (Wildman–Crippen LogP) is 0.662. The van der Waals surface area contributed by atoms with Crippen LogP contribution in [-0.4, -0.2) is 42.9 Å². The van der Waals surface area contributed by atoms with E-state index in [1.54, 1.807) is 0 Å². The molecule has 0 aromatic heterocycles. The minimum atomic E-state index is -3.53. The van der Waals surface area contributed by atoms with E-state index in [9.17, 15) is 13.2 Å². The molecule has 0 aromatic rings. The van der Waals surface area contributed by atoms with E-state index >= 15 is 0 Å². The molecule has 0 radical (unpaired) electrons. The summed E-state index contributed by atoms with van der Waals surface area (Å²) in [5.41, 5.74) is 0. The van der Waals surface area contributed by atoms with Crippen LogP contribution in [0.3, 0.4) is 0 Å². The fourth-order valence-electron chi connectivity index (χ4n) is 5.09. The SMILES string of the molecule is O=C(O)C1CCCN(S(=O)(=O)NC2C3C4CCC(C4)C23)C1. The number of nitrogens with zero attached hydrogens (tertiary/aromatic N) is 1. The van der Waals surface area contributed by atoms with E-state index in [1.807, 2.05) is 0 Å². The van der Waals surface area contributed by atoms with Crippen LogP contribution in [0.2, 0.25) is 0 Å². The van der Waals surface area contributed by atoms with Gasteiger partial charge in [-0.25, -0.2) is 0 Å². The Hall–Kier alpha value is -0.660. The summed E-state index contributed by atoms with van der Waals surface area (Å²) in [6, 6.07) is 0.117. The second kappa shape index (κ2) is 4.67. The molecule has 4 aliphatic rings. The number of carboxylic acids is 1. The summed E-state index contributed by atoms with van der Waals surface area (Å²) in [5, 5.41) is 9.08. The number of fused-ring (bicyclic) bond motifs is 5. The maximum Gasteiger partial charge on any atom is 0.307 e. The van der Waals surface area contributed by atoms with Crippen LogP contribution in [-0.2, 0) is 15.0 Å². The molecule has 0 amide bonds. The van der Waals surface area contributed by atoms with Crippen LogP contribution >= 0.6 is 0 Å². The lowest BCUT2D eigenvalue weighted by atomic mass is 10.0. The van der Waals surface area contributed by atoms with Crippen molar-refractivity contribution in [3.8, 4) is 0 Å². The second-order valence-corrected chi connectivity index (χ2v) is 8.87. The molecule has 4 fully saturated rings. The largest absolute Gasteiger partial charge is 0.481 e. The highest BCUT2D eigenvalue weighted by molar-refractivity contribution is 7.87. The fraction of sp³-hybridized carbons (Fsp3) is 0.929. The Morgan fingerprint density at radius 1 is 1.14 bits per heavy atom. The van der Waals surface area contributed by atoms with Crippen molar-refractivity contribution in [2.75, 3.05) is 13.1 Å². The van der Waals surface area contributed by atoms with Gasteiger partial charge < -0.3 is 5.11 Å². The normalized spacial score (nSPS) is 45.5. The predicted molar refractivity (Wildman–Crippen MR) is 75.6 cm³/mol. The number of carboxylic acid groups (broad SMARTS) is 1. The molecule has 5 unspecified atom stereocenters. The number of hydrogen-bond acceptors (Lipinski definition) is 3. The van der Waals surface area contributed by atoms with Crippen molar-refractivity contribution in [2.24, 2.45) is 29.6 Å². The van der Waals surface area contributed by atoms with Crippen molar-refractivity contribution in [1.82, 2.24) is 9.03 Å². The number of piperidine rings is 1. The molecule has 5 atom stereocenters. The zero-order valence-electron chi connectivity index (χ0n) is 11.9. The summed E-state index contributed by atoms with van der Waals surface area (Å²) >= 11 is 0. The average molecular weight is 314 g/mol. The summed E-state index contributed by atoms with van der Waals surface area (Å²) < 4.78 is 29.2. The lowest BCUT2D eigenvalue weighted by Gasteiger charge is -2.30. The number of hydrogen-bond donors (Lipinski definition) is 2. The zero-order chi connectivity index (χ0) is 14.8. The highest BCUT2D eigenvalue weighted by Gasteiger charge is 2.66. The molecule has 6 nitrogen and oxygen atoms in total. The molecular formula is C14H22N2O4S. The molecular weight excluding hydrogens is 292 g/mol. The fourth-order valence-corrected chi connectivity index (χ4v) is 6.64. The molecule has 2 bridgehead atoms. The number of rotatable bonds is 4. The first-order chi connectivity index (χ1) is 9.97. The van der Waals surface area contributed by atoms with Crippen LogP contribution in [0.5, 0.6) is 0 Å². The van der Waals surface area contributed by atoms with Gasteiger partial charge in [0.15, 0.2) is 0 Å². The second-order valence-electron chi connectivity index (χ2n) is 7.17. The van der Waals surface area contributed by atoms with Gasteiger partial charge in [0.25, 0.3) is 10.2 Å². The standard InChI is InChI=1S/C14H22N2O4S/c17-14(18)10-2-1-5-16(7-10)21(19,20)15-13-11-8-3-4-9(6-8)12(11)13/h8-13,15H,1-7H2,(H,17,18). The van der Waals surface area contributed by atoms with E-state index in [0.29, 0.717) is 31.2 Å². The Balaban J connectivity index is 1.42. The Labute approximate surface area is 125 Å². The summed E-state index contributed by atoms with van der Waals surface area (Å²) in [6.07, 6.45) is 5.00. The van der Waals surface area contributed by atoms with E-state index in [4.69, 9.17) is 5.11 Å². The molecule has 7 heteroatoms. The van der Waals surface area contributed by atoms with Crippen LogP contribution in [0.15, 0.2) is 0 Å². The van der Waals surface area contributed by atoms with Crippen molar-refractivity contribution in [3.63, 3.8) is 0 Å². The van der Waals surface area contributed by atoms with Gasteiger partial charge in [-0.3, -0.25) is 4.79 Å². The van der Waals surface area contributed by atoms with Gasteiger partial charge in [-0.2, -0.15) is 17.4 Å². The van der Waals surface area contributed by atoms with Gasteiger partial charge in [0.1, 0.15) is 0 Å². The van der Waals surface area contributed by atoms with Crippen molar-refractivity contribution in [3.05, 3.63) is 0 Å². The van der Waals surface area contributed by atoms with Gasteiger partial charge >= 0.3 is 5.97 Å². The van der Waals surface area contributed by atoms with E-state index < -0.39 is 22.1 Å². The minimum absolute atomic E-state index is 0.111. The first-order valence-electron chi connectivity index (χ1n) is 7.97. The first kappa shape index (κ1) is 14.0. The molecule has 21 heavy (non-hydrogen) atoms. The Kier molecular flexibility index (Phi) is 3.10. The monoisotopic (exact) mass is 314 g/mol. The molecule has 1 aliphatic heterocycles. The van der Waals surface area contributed by atoms with E-state index in [-0.39, 0.29) is 12.6 Å². The maximum atomic E-state index is 12.5. The van der Waals surface area contributed by atoms with Crippen molar-refractivity contribution < 1.29 is 18.3 Å². The zero-order valence-corrected chi connectivity index (χ0v) is 12.8. The van der Waals surface area contributed by atoms with E-state index in [1.165, 1.54) is 23.6 Å². The summed E-state index contributed by atoms with van der Waals surface area (Å²) in [4.78, 5) is 11.1. The molecule has 4 rings (SSSR count). The molecule has 2 N–H and O–H groups in total. The van der Waals surface area contributed by atoms with Crippen LogP contribution in [0.1, 0.15) is 32.1 Å². The number of carbonyl (C=O) groups is 1. The summed E-state index contributed by atoms with van der Waals surface area (Å²) in [6.45, 7) is 0.549. The Morgan fingerprint density at radius 3 is 2.43 bits per heavy atom. The van der Waals surface area contributed by atoms with Crippen molar-refractivity contribution >= 4 is 16.2 Å². The topological polar surface area (TPSA) is 86.7 Å². The third kappa shape index (κ3) is 2.21. The Bertz CT molecular complexity index is 547. The maximum absolute atomic E-state index is 12.5. The molecule has 3 aliphatic carbocycles. The third-order valence-electron chi connectivity index (χ3n) is 6.09. The molecule has 118 valence electrons. The highest BCUT2D eigenvalue weighted by atomic mass is 32.2. The van der Waals surface area contributed by atoms with Gasteiger partial charge in [-0.15, -0.1) is 0 Å². The van der Waals surface area contributed by atoms with Gasteiger partial charge in [-0.05, 0) is 55.8 Å². The molecule has 0 aromatic carbocycles. The third-order valence-corrected chi connectivity index (χ3v) is 7.68. The molecule has 1 saturated heterocycles. The highest BCUT2D eigenvalue weighted by Crippen LogP contribution is 2.65. The summed E-state index contributed by atoms with van der Waals surface area (Å²) in [7, 11) is -3.53. The Morgan fingerprint density at radius 2 is 1.81 bits per heavy atom. The van der Waals surface area contributed by atoms with Gasteiger partial charge in [0, 0.05) is 19.1 Å². The number of nitrogens with one attached hydrogen (secondary N) is 1. The van der Waals surface area contributed by atoms with Crippen molar-refractivity contribution in [1.29, 1.82) is 0 Å². The summed E-state index contributed by atoms with van der Waals surface area (Å²) in [5.74, 6) is 1.10. The minimum Gasteiger partial charge on any atom is -0.481 e. The van der Waals surface area contributed by atoms with Gasteiger partial charge in [-0.1, -0.05) is 0 Å². The first-order valence-corrected chi connectivity index (χ1v) is 9.41. The molecule has 3 saturated carbocycles. The van der Waals surface area contributed by atoms with Crippen LogP contribution < -0.4 is 4.72 Å². The van der Waals surface area contributed by atoms with Gasteiger partial charge in [0.05, 0.1) is 5.92 Å². The van der Waals surface area contributed by atoms with Crippen LogP contribution in [0.4, 0.5) is 0 Å². The van der Waals surface area contributed by atoms with Crippen molar-refractivity contribution in [2.45, 2.75) is 38.1 Å². The van der Waals surface area contributed by atoms with Crippen LogP contribution in [0, 0.1) is 29.6 Å². The lowest BCUT2D eigenvalue weighted by Crippen LogP contribution is -2.48. The molecule has 0 spiro atoms.